The average molecular weight is 231 g/mol. The van der Waals surface area contributed by atoms with Crippen molar-refractivity contribution in [1.29, 1.82) is 5.26 Å². The Bertz CT molecular complexity index is 425. The smallest absolute Gasteiger partial charge is 0.140 e. The van der Waals surface area contributed by atoms with Crippen LogP contribution in [0.3, 0.4) is 0 Å². The van der Waals surface area contributed by atoms with E-state index < -0.39 is 0 Å². The highest BCUT2D eigenvalue weighted by atomic mass is 16.3. The van der Waals surface area contributed by atoms with Crippen molar-refractivity contribution in [3.05, 3.63) is 29.6 Å². The average Bonchev–Trinajstić information content (AvgIpc) is 2.78. The summed E-state index contributed by atoms with van der Waals surface area (Å²) in [6.45, 7) is 4.64. The van der Waals surface area contributed by atoms with Crippen molar-refractivity contribution >= 4 is 0 Å². The van der Waals surface area contributed by atoms with Crippen molar-refractivity contribution in [2.45, 2.75) is 26.0 Å². The number of nitriles is 1. The van der Waals surface area contributed by atoms with E-state index in [0.717, 1.165) is 31.6 Å². The number of likely N-dealkylation sites (tertiary alicyclic amines) is 1. The van der Waals surface area contributed by atoms with E-state index >= 15 is 0 Å². The summed E-state index contributed by atoms with van der Waals surface area (Å²) in [5, 5.41) is 18.3. The molecule has 17 heavy (non-hydrogen) atoms. The minimum atomic E-state index is -0.230. The van der Waals surface area contributed by atoms with Crippen molar-refractivity contribution in [2.75, 3.05) is 13.1 Å². The number of aliphatic hydroxyl groups excluding tert-OH is 1. The van der Waals surface area contributed by atoms with Gasteiger partial charge in [0.2, 0.25) is 0 Å². The van der Waals surface area contributed by atoms with Gasteiger partial charge in [0.25, 0.3) is 0 Å². The molecule has 1 aliphatic heterocycles. The highest BCUT2D eigenvalue weighted by molar-refractivity contribution is 5.25. The SMILES string of the molecule is CC(O)C1CCN(Cc2ccnc(C#N)c2)C1. The van der Waals surface area contributed by atoms with E-state index in [-0.39, 0.29) is 6.10 Å². The monoisotopic (exact) mass is 231 g/mol. The molecule has 1 aromatic rings. The van der Waals surface area contributed by atoms with Crippen molar-refractivity contribution in [3.63, 3.8) is 0 Å². The van der Waals surface area contributed by atoms with E-state index in [0.29, 0.717) is 11.6 Å². The lowest BCUT2D eigenvalue weighted by Crippen LogP contribution is -2.24. The fraction of sp³-hybridized carbons (Fsp3) is 0.538. The number of hydrogen-bond donors (Lipinski definition) is 1. The molecule has 4 nitrogen and oxygen atoms in total. The van der Waals surface area contributed by atoms with Crippen LogP contribution in [0.25, 0.3) is 0 Å². The number of nitrogens with zero attached hydrogens (tertiary/aromatic N) is 3. The van der Waals surface area contributed by atoms with Crippen molar-refractivity contribution in [3.8, 4) is 6.07 Å². The number of rotatable bonds is 3. The van der Waals surface area contributed by atoms with E-state index in [1.54, 1.807) is 6.20 Å². The van der Waals surface area contributed by atoms with Gasteiger partial charge in [-0.05, 0) is 43.5 Å². The predicted molar refractivity (Wildman–Crippen MR) is 64.0 cm³/mol. The molecule has 1 aromatic heterocycles. The molecule has 90 valence electrons. The molecule has 1 saturated heterocycles. The fourth-order valence-corrected chi connectivity index (χ4v) is 2.29. The van der Waals surface area contributed by atoms with Crippen LogP contribution in [0.4, 0.5) is 0 Å². The lowest BCUT2D eigenvalue weighted by atomic mass is 10.0. The van der Waals surface area contributed by atoms with Gasteiger partial charge in [-0.3, -0.25) is 4.90 Å². The van der Waals surface area contributed by atoms with Crippen molar-refractivity contribution in [1.82, 2.24) is 9.88 Å². The standard InChI is InChI=1S/C13H17N3O/c1-10(17)12-3-5-16(9-12)8-11-2-4-15-13(6-11)7-14/h2,4,6,10,12,17H,3,5,8-9H2,1H3. The molecule has 4 heteroatoms. The molecule has 0 bridgehead atoms. The zero-order chi connectivity index (χ0) is 12.3. The maximum absolute atomic E-state index is 9.54. The first-order valence-electron chi connectivity index (χ1n) is 5.94. The molecule has 0 aliphatic carbocycles. The van der Waals surface area contributed by atoms with Crippen LogP contribution in [0.5, 0.6) is 0 Å². The molecule has 2 heterocycles. The maximum Gasteiger partial charge on any atom is 0.140 e. The Balaban J connectivity index is 1.96. The molecule has 0 amide bonds. The van der Waals surface area contributed by atoms with Gasteiger partial charge >= 0.3 is 0 Å². The zero-order valence-corrected chi connectivity index (χ0v) is 10.0. The van der Waals surface area contributed by atoms with Crippen LogP contribution in [0, 0.1) is 17.2 Å². The van der Waals surface area contributed by atoms with Gasteiger partial charge in [-0.15, -0.1) is 0 Å². The lowest BCUT2D eigenvalue weighted by Gasteiger charge is -2.17. The summed E-state index contributed by atoms with van der Waals surface area (Å²) in [6, 6.07) is 5.82. The lowest BCUT2D eigenvalue weighted by molar-refractivity contribution is 0.127. The Morgan fingerprint density at radius 1 is 1.71 bits per heavy atom. The minimum Gasteiger partial charge on any atom is -0.393 e. The summed E-state index contributed by atoms with van der Waals surface area (Å²) in [6.07, 6.45) is 2.50. The van der Waals surface area contributed by atoms with Crippen molar-refractivity contribution < 1.29 is 5.11 Å². The van der Waals surface area contributed by atoms with Crippen LogP contribution in [0.1, 0.15) is 24.6 Å². The van der Waals surface area contributed by atoms with Crippen molar-refractivity contribution in [2.24, 2.45) is 5.92 Å². The Morgan fingerprint density at radius 3 is 3.18 bits per heavy atom. The number of hydrogen-bond acceptors (Lipinski definition) is 4. The van der Waals surface area contributed by atoms with Gasteiger partial charge in [0.15, 0.2) is 0 Å². The van der Waals surface area contributed by atoms with Gasteiger partial charge in [0.05, 0.1) is 6.10 Å². The molecule has 1 fully saturated rings. The third-order valence-corrected chi connectivity index (χ3v) is 3.34. The third kappa shape index (κ3) is 3.02. The molecule has 1 N–H and O–H groups in total. The molecular weight excluding hydrogens is 214 g/mol. The fourth-order valence-electron chi connectivity index (χ4n) is 2.29. The first-order valence-corrected chi connectivity index (χ1v) is 5.94. The number of aromatic nitrogens is 1. The first kappa shape index (κ1) is 12.0. The number of pyridine rings is 1. The molecule has 2 atom stereocenters. The molecule has 0 saturated carbocycles. The maximum atomic E-state index is 9.54. The second kappa shape index (κ2) is 5.26. The summed E-state index contributed by atoms with van der Waals surface area (Å²) >= 11 is 0. The largest absolute Gasteiger partial charge is 0.393 e. The molecule has 1 aliphatic rings. The Labute approximate surface area is 102 Å². The van der Waals surface area contributed by atoms with E-state index in [9.17, 15) is 5.11 Å². The highest BCUT2D eigenvalue weighted by Crippen LogP contribution is 2.21. The molecule has 0 spiro atoms. The molecular formula is C13H17N3O. The second-order valence-corrected chi connectivity index (χ2v) is 4.69. The summed E-state index contributed by atoms with van der Waals surface area (Å²) in [5.74, 6) is 0.382. The molecule has 2 rings (SSSR count). The topological polar surface area (TPSA) is 60.1 Å². The zero-order valence-electron chi connectivity index (χ0n) is 10.0. The van der Waals surface area contributed by atoms with Crippen LogP contribution in [-0.4, -0.2) is 34.2 Å². The van der Waals surface area contributed by atoms with Crippen LogP contribution in [-0.2, 0) is 6.54 Å². The highest BCUT2D eigenvalue weighted by Gasteiger charge is 2.25. The van der Waals surface area contributed by atoms with Gasteiger partial charge in [0.1, 0.15) is 11.8 Å². The van der Waals surface area contributed by atoms with Gasteiger partial charge in [-0.2, -0.15) is 5.26 Å². The summed E-state index contributed by atoms with van der Waals surface area (Å²) in [7, 11) is 0. The van der Waals surface area contributed by atoms with Crippen LogP contribution in [0.2, 0.25) is 0 Å². The van der Waals surface area contributed by atoms with Crippen LogP contribution in [0.15, 0.2) is 18.3 Å². The summed E-state index contributed by atoms with van der Waals surface area (Å²) in [5.41, 5.74) is 1.58. The van der Waals surface area contributed by atoms with Gasteiger partial charge in [0, 0.05) is 19.3 Å². The Kier molecular flexibility index (Phi) is 3.72. The quantitative estimate of drug-likeness (QED) is 0.848. The predicted octanol–water partition coefficient (Wildman–Crippen LogP) is 1.16. The van der Waals surface area contributed by atoms with Gasteiger partial charge in [-0.1, -0.05) is 0 Å². The second-order valence-electron chi connectivity index (χ2n) is 4.69. The van der Waals surface area contributed by atoms with E-state index in [2.05, 4.69) is 9.88 Å². The van der Waals surface area contributed by atoms with E-state index in [1.807, 2.05) is 25.1 Å². The van der Waals surface area contributed by atoms with Gasteiger partial charge in [-0.25, -0.2) is 4.98 Å². The van der Waals surface area contributed by atoms with E-state index in [4.69, 9.17) is 5.26 Å². The molecule has 2 unspecified atom stereocenters. The number of aliphatic hydroxyl groups is 1. The Hall–Kier alpha value is -1.44. The molecule has 0 radical (unpaired) electrons. The first-order chi connectivity index (χ1) is 8.19. The van der Waals surface area contributed by atoms with Gasteiger partial charge < -0.3 is 5.11 Å². The summed E-state index contributed by atoms with van der Waals surface area (Å²) in [4.78, 5) is 6.27. The minimum absolute atomic E-state index is 0.230. The molecule has 0 aromatic carbocycles. The van der Waals surface area contributed by atoms with Crippen LogP contribution < -0.4 is 0 Å². The normalized spacial score (nSPS) is 22.3. The Morgan fingerprint density at radius 2 is 2.53 bits per heavy atom. The van der Waals surface area contributed by atoms with Crippen LogP contribution >= 0.6 is 0 Å². The third-order valence-electron chi connectivity index (χ3n) is 3.34. The summed E-state index contributed by atoms with van der Waals surface area (Å²) < 4.78 is 0. The van der Waals surface area contributed by atoms with E-state index in [1.165, 1.54) is 0 Å².